The van der Waals surface area contributed by atoms with E-state index in [9.17, 15) is 10.1 Å². The Bertz CT molecular complexity index is 759. The number of fused-ring (bicyclic) bond motifs is 1. The van der Waals surface area contributed by atoms with E-state index in [4.69, 9.17) is 11.6 Å². The Hall–Kier alpha value is -2.11. The van der Waals surface area contributed by atoms with E-state index in [1.54, 1.807) is 0 Å². The van der Waals surface area contributed by atoms with Crippen LogP contribution in [0.15, 0.2) is 48.5 Å². The summed E-state index contributed by atoms with van der Waals surface area (Å²) in [5.74, 6) is -0.186. The van der Waals surface area contributed by atoms with Crippen LogP contribution in [0.3, 0.4) is 0 Å². The van der Waals surface area contributed by atoms with Crippen molar-refractivity contribution in [2.45, 2.75) is 18.3 Å². The first-order valence-electron chi connectivity index (χ1n) is 6.98. The standard InChI is InChI=1S/C18H12ClNO/c19-17(21)18(10-20)9-15-11-5-1-3-7-13(11)16(18)14-8-4-2-6-12(14)15/h1-8,15-16H,9H2/t15?,16?,18-/m0/s1. The summed E-state index contributed by atoms with van der Waals surface area (Å²) in [5.41, 5.74) is 3.45. The summed E-state index contributed by atoms with van der Waals surface area (Å²) in [6, 6.07) is 18.4. The summed E-state index contributed by atoms with van der Waals surface area (Å²) in [6.07, 6.45) is 0.477. The fourth-order valence-electron chi connectivity index (χ4n) is 4.06. The second-order valence-electron chi connectivity index (χ2n) is 5.80. The van der Waals surface area contributed by atoms with Crippen molar-refractivity contribution in [1.29, 1.82) is 5.26 Å². The lowest BCUT2D eigenvalue weighted by Crippen LogP contribution is -2.44. The van der Waals surface area contributed by atoms with Crippen LogP contribution >= 0.6 is 11.6 Å². The quantitative estimate of drug-likeness (QED) is 0.747. The Labute approximate surface area is 128 Å². The first-order valence-corrected chi connectivity index (χ1v) is 7.35. The Morgan fingerprint density at radius 2 is 1.52 bits per heavy atom. The molecule has 0 radical (unpaired) electrons. The Morgan fingerprint density at radius 1 is 1.05 bits per heavy atom. The molecular formula is C18H12ClNO. The van der Waals surface area contributed by atoms with Gasteiger partial charge in [0, 0.05) is 11.8 Å². The first kappa shape index (κ1) is 12.6. The molecule has 5 rings (SSSR count). The number of rotatable bonds is 1. The van der Waals surface area contributed by atoms with Crippen LogP contribution in [-0.4, -0.2) is 5.24 Å². The number of hydrogen-bond acceptors (Lipinski definition) is 2. The molecule has 3 heteroatoms. The minimum Gasteiger partial charge on any atom is -0.279 e. The van der Waals surface area contributed by atoms with Crippen molar-refractivity contribution in [3.63, 3.8) is 0 Å². The van der Waals surface area contributed by atoms with Crippen molar-refractivity contribution in [2.75, 3.05) is 0 Å². The molecule has 0 heterocycles. The van der Waals surface area contributed by atoms with Crippen LogP contribution in [0.1, 0.15) is 40.5 Å². The van der Waals surface area contributed by atoms with Crippen molar-refractivity contribution in [3.05, 3.63) is 70.8 Å². The summed E-state index contributed by atoms with van der Waals surface area (Å²) in [5, 5.41) is 9.19. The number of nitrogens with zero attached hydrogens (tertiary/aromatic N) is 1. The smallest absolute Gasteiger partial charge is 0.242 e. The third kappa shape index (κ3) is 1.45. The largest absolute Gasteiger partial charge is 0.279 e. The lowest BCUT2D eigenvalue weighted by molar-refractivity contribution is -0.119. The van der Waals surface area contributed by atoms with Gasteiger partial charge in [-0.2, -0.15) is 5.26 Å². The molecule has 3 aliphatic rings. The SMILES string of the molecule is N#C[C@@]1(C(=O)Cl)CC2c3ccccc3C1c1ccccc12. The fourth-order valence-corrected chi connectivity index (χ4v) is 4.28. The summed E-state index contributed by atoms with van der Waals surface area (Å²) in [4.78, 5) is 12.1. The molecular weight excluding hydrogens is 282 g/mol. The van der Waals surface area contributed by atoms with Crippen LogP contribution in [0, 0.1) is 16.7 Å². The van der Waals surface area contributed by atoms with Crippen molar-refractivity contribution < 1.29 is 4.79 Å². The van der Waals surface area contributed by atoms with E-state index in [0.717, 1.165) is 11.1 Å². The Kier molecular flexibility index (Phi) is 2.52. The van der Waals surface area contributed by atoms with Gasteiger partial charge in [0.25, 0.3) is 0 Å². The van der Waals surface area contributed by atoms with Crippen molar-refractivity contribution >= 4 is 16.8 Å². The van der Waals surface area contributed by atoms with Gasteiger partial charge >= 0.3 is 0 Å². The van der Waals surface area contributed by atoms with Gasteiger partial charge in [0.2, 0.25) is 5.24 Å². The maximum Gasteiger partial charge on any atom is 0.242 e. The molecule has 2 aromatic rings. The molecule has 21 heavy (non-hydrogen) atoms. The van der Waals surface area contributed by atoms with Crippen LogP contribution in [0.25, 0.3) is 0 Å². The minimum atomic E-state index is -1.14. The summed E-state index contributed by atoms with van der Waals surface area (Å²) in [6.45, 7) is 0. The molecule has 0 unspecified atom stereocenters. The zero-order valence-electron chi connectivity index (χ0n) is 11.2. The maximum atomic E-state index is 12.1. The van der Waals surface area contributed by atoms with E-state index in [1.807, 2.05) is 36.4 Å². The molecule has 0 saturated carbocycles. The molecule has 102 valence electrons. The third-order valence-corrected chi connectivity index (χ3v) is 5.27. The van der Waals surface area contributed by atoms with E-state index >= 15 is 0 Å². The first-order chi connectivity index (χ1) is 10.2. The molecule has 0 N–H and O–H groups in total. The summed E-state index contributed by atoms with van der Waals surface area (Å²) in [7, 11) is 0. The molecule has 0 saturated heterocycles. The normalized spacial score (nSPS) is 28.4. The van der Waals surface area contributed by atoms with Gasteiger partial charge in [-0.3, -0.25) is 4.79 Å². The lowest BCUT2D eigenvalue weighted by Gasteiger charge is -2.48. The maximum absolute atomic E-state index is 12.1. The van der Waals surface area contributed by atoms with Gasteiger partial charge < -0.3 is 0 Å². The van der Waals surface area contributed by atoms with E-state index in [1.165, 1.54) is 11.1 Å². The van der Waals surface area contributed by atoms with E-state index in [0.29, 0.717) is 6.42 Å². The second kappa shape index (κ2) is 4.19. The van der Waals surface area contributed by atoms with Crippen LogP contribution in [0.4, 0.5) is 0 Å². The molecule has 2 aromatic carbocycles. The highest BCUT2D eigenvalue weighted by Gasteiger charge is 2.56. The summed E-state index contributed by atoms with van der Waals surface area (Å²) < 4.78 is 0. The van der Waals surface area contributed by atoms with Gasteiger partial charge in [0.1, 0.15) is 5.41 Å². The predicted octanol–water partition coefficient (Wildman–Crippen LogP) is 3.94. The monoisotopic (exact) mass is 293 g/mol. The highest BCUT2D eigenvalue weighted by Crippen LogP contribution is 2.61. The predicted molar refractivity (Wildman–Crippen MR) is 80.1 cm³/mol. The molecule has 3 aliphatic carbocycles. The van der Waals surface area contributed by atoms with Gasteiger partial charge in [-0.15, -0.1) is 0 Å². The average Bonchev–Trinajstić information content (AvgIpc) is 2.54. The zero-order chi connectivity index (χ0) is 14.6. The van der Waals surface area contributed by atoms with Gasteiger partial charge in [0.15, 0.2) is 0 Å². The molecule has 0 aliphatic heterocycles. The molecule has 0 fully saturated rings. The van der Waals surface area contributed by atoms with E-state index in [2.05, 4.69) is 18.2 Å². The van der Waals surface area contributed by atoms with Crippen LogP contribution in [-0.2, 0) is 4.79 Å². The molecule has 0 spiro atoms. The highest BCUT2D eigenvalue weighted by molar-refractivity contribution is 6.65. The van der Waals surface area contributed by atoms with E-state index in [-0.39, 0.29) is 11.8 Å². The molecule has 2 nitrogen and oxygen atoms in total. The van der Waals surface area contributed by atoms with Gasteiger partial charge in [-0.1, -0.05) is 48.5 Å². The number of hydrogen-bond donors (Lipinski definition) is 0. The third-order valence-electron chi connectivity index (χ3n) is 4.93. The second-order valence-corrected chi connectivity index (χ2v) is 6.15. The number of nitriles is 1. The van der Waals surface area contributed by atoms with E-state index < -0.39 is 10.7 Å². The number of carbonyl (C=O) groups excluding carboxylic acids is 1. The summed E-state index contributed by atoms with van der Waals surface area (Å²) >= 11 is 5.88. The van der Waals surface area contributed by atoms with Crippen molar-refractivity contribution in [3.8, 4) is 6.07 Å². The Balaban J connectivity index is 2.08. The molecule has 0 amide bonds. The van der Waals surface area contributed by atoms with Crippen LogP contribution in [0.2, 0.25) is 0 Å². The van der Waals surface area contributed by atoms with Gasteiger partial charge in [-0.05, 0) is 40.3 Å². The molecule has 1 atom stereocenters. The fraction of sp³-hybridized carbons (Fsp3) is 0.222. The highest BCUT2D eigenvalue weighted by atomic mass is 35.5. The Morgan fingerprint density at radius 3 is 1.95 bits per heavy atom. The van der Waals surface area contributed by atoms with Gasteiger partial charge in [0.05, 0.1) is 6.07 Å². The van der Waals surface area contributed by atoms with Crippen molar-refractivity contribution in [1.82, 2.24) is 0 Å². The number of benzene rings is 2. The molecule has 0 aromatic heterocycles. The van der Waals surface area contributed by atoms with Gasteiger partial charge in [-0.25, -0.2) is 0 Å². The topological polar surface area (TPSA) is 40.9 Å². The van der Waals surface area contributed by atoms with Crippen molar-refractivity contribution in [2.24, 2.45) is 5.41 Å². The molecule has 2 bridgehead atoms. The van der Waals surface area contributed by atoms with Crippen LogP contribution in [0.5, 0.6) is 0 Å². The number of carbonyl (C=O) groups is 1. The number of halogens is 1. The van der Waals surface area contributed by atoms with Crippen LogP contribution < -0.4 is 0 Å². The zero-order valence-corrected chi connectivity index (χ0v) is 12.0. The minimum absolute atomic E-state index is 0.0738. The average molecular weight is 294 g/mol. The lowest BCUT2D eigenvalue weighted by atomic mass is 9.53.